The summed E-state index contributed by atoms with van der Waals surface area (Å²) in [5, 5.41) is 3.26. The molecule has 102 valence electrons. The van der Waals surface area contributed by atoms with Crippen molar-refractivity contribution in [2.24, 2.45) is 4.99 Å². The summed E-state index contributed by atoms with van der Waals surface area (Å²) in [5.41, 5.74) is 3.89. The van der Waals surface area contributed by atoms with Gasteiger partial charge in [-0.3, -0.25) is 0 Å². The standard InChI is InChI=1S/C14H23N3.HI/c1-6-15-14(17(4)5)16-10-13-8-7-11(2)9-12(13)3;/h7-9H,6,10H2,1-5H3,(H,15,16);1H. The number of nitrogens with zero attached hydrogens (tertiary/aromatic N) is 2. The van der Waals surface area contributed by atoms with Gasteiger partial charge in [-0.05, 0) is 31.9 Å². The first-order valence-electron chi connectivity index (χ1n) is 6.06. The van der Waals surface area contributed by atoms with Gasteiger partial charge in [0, 0.05) is 20.6 Å². The zero-order chi connectivity index (χ0) is 12.8. The molecule has 4 heteroatoms. The van der Waals surface area contributed by atoms with Crippen molar-refractivity contribution in [2.45, 2.75) is 27.3 Å². The van der Waals surface area contributed by atoms with Gasteiger partial charge >= 0.3 is 0 Å². The summed E-state index contributed by atoms with van der Waals surface area (Å²) in [5.74, 6) is 0.937. The van der Waals surface area contributed by atoms with Crippen molar-refractivity contribution in [3.63, 3.8) is 0 Å². The van der Waals surface area contributed by atoms with Crippen molar-refractivity contribution in [1.82, 2.24) is 10.2 Å². The molecule has 0 saturated heterocycles. The van der Waals surface area contributed by atoms with E-state index < -0.39 is 0 Å². The smallest absolute Gasteiger partial charge is 0.193 e. The van der Waals surface area contributed by atoms with Crippen LogP contribution >= 0.6 is 24.0 Å². The minimum absolute atomic E-state index is 0. The van der Waals surface area contributed by atoms with Crippen LogP contribution in [-0.2, 0) is 6.54 Å². The molecular weight excluding hydrogens is 337 g/mol. The van der Waals surface area contributed by atoms with Gasteiger partial charge in [0.05, 0.1) is 6.54 Å². The third-order valence-corrected chi connectivity index (χ3v) is 2.66. The Bertz CT molecular complexity index is 400. The first kappa shape index (κ1) is 17.2. The average Bonchev–Trinajstić information content (AvgIpc) is 2.25. The lowest BCUT2D eigenvalue weighted by atomic mass is 10.1. The van der Waals surface area contributed by atoms with E-state index in [-0.39, 0.29) is 24.0 Å². The van der Waals surface area contributed by atoms with Crippen LogP contribution in [0.1, 0.15) is 23.6 Å². The Morgan fingerprint density at radius 3 is 2.44 bits per heavy atom. The molecule has 0 aliphatic rings. The van der Waals surface area contributed by atoms with Crippen molar-refractivity contribution >= 4 is 29.9 Å². The van der Waals surface area contributed by atoms with Gasteiger partial charge in [0.1, 0.15) is 0 Å². The lowest BCUT2D eigenvalue weighted by molar-refractivity contribution is 0.583. The first-order chi connectivity index (χ1) is 8.04. The fourth-order valence-corrected chi connectivity index (χ4v) is 1.70. The van der Waals surface area contributed by atoms with E-state index in [0.29, 0.717) is 0 Å². The quantitative estimate of drug-likeness (QED) is 0.509. The summed E-state index contributed by atoms with van der Waals surface area (Å²) in [4.78, 5) is 6.61. The van der Waals surface area contributed by atoms with E-state index in [4.69, 9.17) is 0 Å². The van der Waals surface area contributed by atoms with Crippen LogP contribution in [0.3, 0.4) is 0 Å². The highest BCUT2D eigenvalue weighted by Gasteiger charge is 2.01. The van der Waals surface area contributed by atoms with E-state index in [0.717, 1.165) is 19.0 Å². The Morgan fingerprint density at radius 1 is 1.28 bits per heavy atom. The summed E-state index contributed by atoms with van der Waals surface area (Å²) >= 11 is 0. The van der Waals surface area contributed by atoms with Crippen molar-refractivity contribution in [3.05, 3.63) is 34.9 Å². The molecule has 0 radical (unpaired) electrons. The van der Waals surface area contributed by atoms with Crippen molar-refractivity contribution < 1.29 is 0 Å². The second-order valence-electron chi connectivity index (χ2n) is 4.49. The summed E-state index contributed by atoms with van der Waals surface area (Å²) in [6.07, 6.45) is 0. The Hall–Kier alpha value is -0.780. The number of aliphatic imine (C=N–C) groups is 1. The molecule has 0 unspecified atom stereocenters. The number of aryl methyl sites for hydroxylation is 2. The lowest BCUT2D eigenvalue weighted by Gasteiger charge is -2.16. The number of rotatable bonds is 3. The van der Waals surface area contributed by atoms with Gasteiger partial charge in [-0.1, -0.05) is 23.8 Å². The van der Waals surface area contributed by atoms with Crippen LogP contribution in [0.15, 0.2) is 23.2 Å². The molecule has 0 heterocycles. The van der Waals surface area contributed by atoms with E-state index >= 15 is 0 Å². The normalized spacial score (nSPS) is 10.8. The summed E-state index contributed by atoms with van der Waals surface area (Å²) in [7, 11) is 4.01. The topological polar surface area (TPSA) is 27.6 Å². The molecule has 1 aromatic carbocycles. The van der Waals surface area contributed by atoms with Gasteiger partial charge in [0.15, 0.2) is 5.96 Å². The molecular formula is C14H24IN3. The van der Waals surface area contributed by atoms with Gasteiger partial charge < -0.3 is 10.2 Å². The van der Waals surface area contributed by atoms with Crippen LogP contribution in [0.4, 0.5) is 0 Å². The Morgan fingerprint density at radius 2 is 1.94 bits per heavy atom. The Balaban J connectivity index is 0.00000289. The monoisotopic (exact) mass is 361 g/mol. The molecule has 18 heavy (non-hydrogen) atoms. The highest BCUT2D eigenvalue weighted by Crippen LogP contribution is 2.11. The maximum Gasteiger partial charge on any atom is 0.193 e. The fourth-order valence-electron chi connectivity index (χ4n) is 1.70. The molecule has 0 atom stereocenters. The van der Waals surface area contributed by atoms with Crippen LogP contribution in [0.2, 0.25) is 0 Å². The van der Waals surface area contributed by atoms with E-state index in [2.05, 4.69) is 49.3 Å². The number of halogens is 1. The lowest BCUT2D eigenvalue weighted by Crippen LogP contribution is -2.36. The minimum atomic E-state index is 0. The summed E-state index contributed by atoms with van der Waals surface area (Å²) in [6, 6.07) is 6.50. The van der Waals surface area contributed by atoms with E-state index in [9.17, 15) is 0 Å². The highest BCUT2D eigenvalue weighted by molar-refractivity contribution is 14.0. The zero-order valence-corrected chi connectivity index (χ0v) is 14.3. The molecule has 1 aromatic rings. The number of benzene rings is 1. The number of hydrogen-bond donors (Lipinski definition) is 1. The number of nitrogens with one attached hydrogen (secondary N) is 1. The highest BCUT2D eigenvalue weighted by atomic mass is 127. The second-order valence-corrected chi connectivity index (χ2v) is 4.49. The Labute approximate surface area is 128 Å². The number of guanidine groups is 1. The largest absolute Gasteiger partial charge is 0.357 e. The Kier molecular flexibility index (Phi) is 7.98. The predicted octanol–water partition coefficient (Wildman–Crippen LogP) is 2.95. The van der Waals surface area contributed by atoms with Crippen molar-refractivity contribution in [1.29, 1.82) is 0 Å². The number of hydrogen-bond acceptors (Lipinski definition) is 1. The van der Waals surface area contributed by atoms with Crippen LogP contribution in [-0.4, -0.2) is 31.5 Å². The van der Waals surface area contributed by atoms with E-state index in [1.54, 1.807) is 0 Å². The molecule has 0 aliphatic heterocycles. The van der Waals surface area contributed by atoms with Crippen molar-refractivity contribution in [2.75, 3.05) is 20.6 Å². The van der Waals surface area contributed by atoms with Crippen LogP contribution in [0.5, 0.6) is 0 Å². The molecule has 1 rings (SSSR count). The van der Waals surface area contributed by atoms with Gasteiger partial charge in [-0.15, -0.1) is 24.0 Å². The van der Waals surface area contributed by atoms with Gasteiger partial charge in [-0.2, -0.15) is 0 Å². The molecule has 0 fully saturated rings. The zero-order valence-electron chi connectivity index (χ0n) is 11.9. The van der Waals surface area contributed by atoms with Gasteiger partial charge in [0.2, 0.25) is 0 Å². The van der Waals surface area contributed by atoms with Gasteiger partial charge in [0.25, 0.3) is 0 Å². The molecule has 0 spiro atoms. The molecule has 0 aliphatic carbocycles. The van der Waals surface area contributed by atoms with Gasteiger partial charge in [-0.25, -0.2) is 4.99 Å². The third kappa shape index (κ3) is 5.25. The molecule has 0 saturated carbocycles. The van der Waals surface area contributed by atoms with Crippen molar-refractivity contribution in [3.8, 4) is 0 Å². The summed E-state index contributed by atoms with van der Waals surface area (Å²) < 4.78 is 0. The SMILES string of the molecule is CCNC(=NCc1ccc(C)cc1C)N(C)C.I. The van der Waals surface area contributed by atoms with E-state index in [1.807, 2.05) is 19.0 Å². The molecule has 1 N–H and O–H groups in total. The summed E-state index contributed by atoms with van der Waals surface area (Å²) in [6.45, 7) is 7.96. The average molecular weight is 361 g/mol. The first-order valence-corrected chi connectivity index (χ1v) is 6.06. The minimum Gasteiger partial charge on any atom is -0.357 e. The molecule has 0 aromatic heterocycles. The molecule has 3 nitrogen and oxygen atoms in total. The molecule has 0 amide bonds. The van der Waals surface area contributed by atoms with Crippen LogP contribution in [0.25, 0.3) is 0 Å². The third-order valence-electron chi connectivity index (χ3n) is 2.66. The maximum atomic E-state index is 4.61. The predicted molar refractivity (Wildman–Crippen MR) is 89.8 cm³/mol. The second kappa shape index (κ2) is 8.34. The maximum absolute atomic E-state index is 4.61. The van der Waals surface area contributed by atoms with E-state index in [1.165, 1.54) is 16.7 Å². The van der Waals surface area contributed by atoms with Crippen LogP contribution in [0, 0.1) is 13.8 Å². The molecule has 0 bridgehead atoms. The van der Waals surface area contributed by atoms with Crippen LogP contribution < -0.4 is 5.32 Å². The fraction of sp³-hybridized carbons (Fsp3) is 0.500.